The molecule has 0 fully saturated rings. The molecule has 1 aromatic rings. The molecule has 1 aromatic carbocycles. The van der Waals surface area contributed by atoms with E-state index >= 15 is 0 Å². The van der Waals surface area contributed by atoms with Gasteiger partial charge in [-0.3, -0.25) is 9.79 Å². The molecule has 6 heteroatoms. The van der Waals surface area contributed by atoms with Crippen molar-refractivity contribution in [2.45, 2.75) is 26.3 Å². The first-order valence-corrected chi connectivity index (χ1v) is 5.97. The van der Waals surface area contributed by atoms with E-state index in [1.54, 1.807) is 19.9 Å². The van der Waals surface area contributed by atoms with Gasteiger partial charge in [-0.1, -0.05) is 6.07 Å². The predicted octanol–water partition coefficient (Wildman–Crippen LogP) is 1.85. The summed E-state index contributed by atoms with van der Waals surface area (Å²) in [6.45, 7) is 3.24. The molecule has 2 N–H and O–H groups in total. The van der Waals surface area contributed by atoms with Crippen molar-refractivity contribution in [3.63, 3.8) is 0 Å². The van der Waals surface area contributed by atoms with Crippen LogP contribution in [0.25, 0.3) is 0 Å². The number of ether oxygens (including phenoxy) is 1. The van der Waals surface area contributed by atoms with Crippen molar-refractivity contribution in [2.24, 2.45) is 4.99 Å². The average Bonchev–Trinajstić information content (AvgIpc) is 2.38. The molecule has 20 heavy (non-hydrogen) atoms. The van der Waals surface area contributed by atoms with E-state index in [0.29, 0.717) is 16.8 Å². The van der Waals surface area contributed by atoms with Gasteiger partial charge in [0.15, 0.2) is 6.04 Å². The number of aromatic hydroxyl groups is 1. The molecule has 6 nitrogen and oxygen atoms in total. The minimum atomic E-state index is -1.13. The number of carboxylic acid groups (broad SMARTS) is 1. The third kappa shape index (κ3) is 4.08. The molecule has 0 aliphatic carbocycles. The summed E-state index contributed by atoms with van der Waals surface area (Å²) in [6, 6.07) is 3.36. The second-order valence-electron chi connectivity index (χ2n) is 4.40. The van der Waals surface area contributed by atoms with Gasteiger partial charge in [0, 0.05) is 5.71 Å². The number of carboxylic acids is 1. The van der Waals surface area contributed by atoms with Crippen molar-refractivity contribution in [3.05, 3.63) is 29.3 Å². The van der Waals surface area contributed by atoms with Crippen LogP contribution >= 0.6 is 0 Å². The molecule has 1 rings (SSSR count). The van der Waals surface area contributed by atoms with E-state index in [9.17, 15) is 19.8 Å². The predicted molar refractivity (Wildman–Crippen MR) is 73.0 cm³/mol. The van der Waals surface area contributed by atoms with Crippen molar-refractivity contribution in [3.8, 4) is 5.75 Å². The lowest BCUT2D eigenvalue weighted by Crippen LogP contribution is -2.13. The lowest BCUT2D eigenvalue weighted by atomic mass is 10.0. The number of rotatable bonds is 5. The van der Waals surface area contributed by atoms with E-state index in [1.165, 1.54) is 19.2 Å². The topological polar surface area (TPSA) is 96.2 Å². The fourth-order valence-corrected chi connectivity index (χ4v) is 1.67. The van der Waals surface area contributed by atoms with Gasteiger partial charge in [-0.05, 0) is 37.1 Å². The maximum Gasteiger partial charge on any atom is 0.333 e. The first-order valence-electron chi connectivity index (χ1n) is 5.97. The zero-order chi connectivity index (χ0) is 15.3. The van der Waals surface area contributed by atoms with Gasteiger partial charge in [0.2, 0.25) is 0 Å². The van der Waals surface area contributed by atoms with Gasteiger partial charge in [0.1, 0.15) is 5.75 Å². The Morgan fingerprint density at radius 2 is 2.05 bits per heavy atom. The largest absolute Gasteiger partial charge is 0.508 e. The zero-order valence-electron chi connectivity index (χ0n) is 11.6. The summed E-state index contributed by atoms with van der Waals surface area (Å²) in [5.74, 6) is -1.51. The summed E-state index contributed by atoms with van der Waals surface area (Å²) in [7, 11) is 1.26. The van der Waals surface area contributed by atoms with E-state index < -0.39 is 18.0 Å². The number of phenols is 1. The Balaban J connectivity index is 3.05. The summed E-state index contributed by atoms with van der Waals surface area (Å²) in [5, 5.41) is 18.7. The van der Waals surface area contributed by atoms with Gasteiger partial charge >= 0.3 is 11.9 Å². The second-order valence-corrected chi connectivity index (χ2v) is 4.40. The van der Waals surface area contributed by atoms with Crippen LogP contribution in [0.4, 0.5) is 0 Å². The number of methoxy groups -OCH3 is 1. The number of aliphatic imine (C=N–C) groups is 1. The van der Waals surface area contributed by atoms with Crippen LogP contribution in [0.15, 0.2) is 23.2 Å². The number of carbonyl (C=O) groups excluding carboxylic acids is 1. The highest BCUT2D eigenvalue weighted by molar-refractivity contribution is 5.98. The Kier molecular flexibility index (Phi) is 5.25. The van der Waals surface area contributed by atoms with E-state index in [4.69, 9.17) is 0 Å². The monoisotopic (exact) mass is 279 g/mol. The minimum Gasteiger partial charge on any atom is -0.508 e. The Bertz CT molecular complexity index is 550. The Hall–Kier alpha value is -2.37. The van der Waals surface area contributed by atoms with E-state index in [0.717, 1.165) is 0 Å². The van der Waals surface area contributed by atoms with Gasteiger partial charge < -0.3 is 14.9 Å². The van der Waals surface area contributed by atoms with Crippen LogP contribution in [0.3, 0.4) is 0 Å². The van der Waals surface area contributed by atoms with Gasteiger partial charge in [-0.15, -0.1) is 0 Å². The first-order chi connectivity index (χ1) is 9.35. The molecule has 1 unspecified atom stereocenters. The third-order valence-electron chi connectivity index (χ3n) is 2.75. The Labute approximate surface area is 116 Å². The highest BCUT2D eigenvalue weighted by Gasteiger charge is 2.20. The van der Waals surface area contributed by atoms with Crippen molar-refractivity contribution in [1.29, 1.82) is 0 Å². The maximum absolute atomic E-state index is 11.3. The highest BCUT2D eigenvalue weighted by Crippen LogP contribution is 2.24. The lowest BCUT2D eigenvalue weighted by molar-refractivity contribution is -0.140. The van der Waals surface area contributed by atoms with Crippen LogP contribution in [0.5, 0.6) is 5.75 Å². The molecule has 0 saturated heterocycles. The number of esters is 1. The molecule has 0 aliphatic heterocycles. The Morgan fingerprint density at radius 1 is 1.40 bits per heavy atom. The molecule has 0 aliphatic rings. The fourth-order valence-electron chi connectivity index (χ4n) is 1.67. The SMILES string of the molecule is COC(=O)CC(C)=NC(C(=O)O)c1ccc(O)c(C)c1. The molecular formula is C14H17NO5. The number of carbonyl (C=O) groups is 2. The molecule has 0 radical (unpaired) electrons. The minimum absolute atomic E-state index is 0.0582. The first kappa shape index (κ1) is 15.7. The molecule has 0 bridgehead atoms. The van der Waals surface area contributed by atoms with Gasteiger partial charge in [-0.2, -0.15) is 0 Å². The highest BCUT2D eigenvalue weighted by atomic mass is 16.5. The molecular weight excluding hydrogens is 262 g/mol. The number of benzene rings is 1. The zero-order valence-corrected chi connectivity index (χ0v) is 11.6. The normalized spacial score (nSPS) is 12.8. The van der Waals surface area contributed by atoms with Crippen molar-refractivity contribution in [2.75, 3.05) is 7.11 Å². The molecule has 0 saturated carbocycles. The smallest absolute Gasteiger partial charge is 0.333 e. The summed E-state index contributed by atoms with van der Waals surface area (Å²) in [4.78, 5) is 26.5. The summed E-state index contributed by atoms with van der Waals surface area (Å²) in [5.41, 5.74) is 1.38. The standard InChI is InChI=1S/C14H17NO5/c1-8-6-10(4-5-11(8)16)13(14(18)19)15-9(2)7-12(17)20-3/h4-6,13,16H,7H2,1-3H3,(H,18,19). The summed E-state index contributed by atoms with van der Waals surface area (Å²) >= 11 is 0. The second kappa shape index (κ2) is 6.70. The lowest BCUT2D eigenvalue weighted by Gasteiger charge is -2.11. The molecule has 0 heterocycles. The average molecular weight is 279 g/mol. The van der Waals surface area contributed by atoms with Crippen LogP contribution in [-0.2, 0) is 14.3 Å². The number of hydrogen-bond donors (Lipinski definition) is 2. The summed E-state index contributed by atoms with van der Waals surface area (Å²) in [6.07, 6.45) is -0.0582. The molecule has 108 valence electrons. The molecule has 0 amide bonds. The van der Waals surface area contributed by atoms with Crippen LogP contribution in [0.2, 0.25) is 0 Å². The van der Waals surface area contributed by atoms with Crippen molar-refractivity contribution < 1.29 is 24.5 Å². The number of phenolic OH excluding ortho intramolecular Hbond substituents is 1. The third-order valence-corrected chi connectivity index (χ3v) is 2.75. The molecule has 0 aromatic heterocycles. The fraction of sp³-hybridized carbons (Fsp3) is 0.357. The van der Waals surface area contributed by atoms with E-state index in [2.05, 4.69) is 9.73 Å². The van der Waals surface area contributed by atoms with Crippen LogP contribution < -0.4 is 0 Å². The van der Waals surface area contributed by atoms with Crippen LogP contribution in [0.1, 0.15) is 30.5 Å². The maximum atomic E-state index is 11.3. The number of nitrogens with zero attached hydrogens (tertiary/aromatic N) is 1. The number of aliphatic carboxylic acids is 1. The van der Waals surface area contributed by atoms with Crippen molar-refractivity contribution in [1.82, 2.24) is 0 Å². The quantitative estimate of drug-likeness (QED) is 0.633. The van der Waals surface area contributed by atoms with Gasteiger partial charge in [-0.25, -0.2) is 4.79 Å². The van der Waals surface area contributed by atoms with E-state index in [-0.39, 0.29) is 12.2 Å². The molecule has 0 spiro atoms. The molecule has 1 atom stereocenters. The van der Waals surface area contributed by atoms with Gasteiger partial charge in [0.05, 0.1) is 13.5 Å². The summed E-state index contributed by atoms with van der Waals surface area (Å²) < 4.78 is 4.50. The number of hydrogen-bond acceptors (Lipinski definition) is 5. The van der Waals surface area contributed by atoms with E-state index in [1.807, 2.05) is 0 Å². The van der Waals surface area contributed by atoms with Crippen LogP contribution in [0, 0.1) is 6.92 Å². The van der Waals surface area contributed by atoms with Crippen molar-refractivity contribution >= 4 is 17.7 Å². The van der Waals surface area contributed by atoms with Gasteiger partial charge in [0.25, 0.3) is 0 Å². The Morgan fingerprint density at radius 3 is 2.55 bits per heavy atom. The number of aryl methyl sites for hydroxylation is 1. The van der Waals surface area contributed by atoms with Crippen LogP contribution in [-0.4, -0.2) is 35.0 Å².